The molecule has 1 saturated heterocycles. The third-order valence-corrected chi connectivity index (χ3v) is 4.85. The SMILES string of the molecule is Cc1ccc2c(C(=O)CN3CCN(c4ccccn4)CC3)c[nH]c2c1. The minimum absolute atomic E-state index is 0.182. The Labute approximate surface area is 147 Å². The molecule has 5 nitrogen and oxygen atoms in total. The topological polar surface area (TPSA) is 52.2 Å². The molecule has 5 heteroatoms. The van der Waals surface area contributed by atoms with Crippen LogP contribution in [0, 0.1) is 6.92 Å². The number of fused-ring (bicyclic) bond motifs is 1. The predicted octanol–water partition coefficient (Wildman–Crippen LogP) is 2.88. The zero-order valence-corrected chi connectivity index (χ0v) is 14.4. The molecule has 1 aromatic carbocycles. The Morgan fingerprint density at radius 3 is 2.76 bits per heavy atom. The number of rotatable bonds is 4. The van der Waals surface area contributed by atoms with Crippen molar-refractivity contribution >= 4 is 22.5 Å². The number of aromatic nitrogens is 2. The number of pyridine rings is 1. The quantitative estimate of drug-likeness (QED) is 0.746. The Morgan fingerprint density at radius 1 is 1.16 bits per heavy atom. The van der Waals surface area contributed by atoms with Gasteiger partial charge in [0.2, 0.25) is 0 Å². The third kappa shape index (κ3) is 3.28. The molecule has 3 heterocycles. The van der Waals surface area contributed by atoms with E-state index in [1.54, 1.807) is 0 Å². The van der Waals surface area contributed by atoms with Crippen LogP contribution in [0.3, 0.4) is 0 Å². The fourth-order valence-electron chi connectivity index (χ4n) is 3.43. The highest BCUT2D eigenvalue weighted by Crippen LogP contribution is 2.20. The number of ketones is 1. The molecule has 0 bridgehead atoms. The first-order chi connectivity index (χ1) is 12.2. The predicted molar refractivity (Wildman–Crippen MR) is 100 cm³/mol. The highest BCUT2D eigenvalue weighted by atomic mass is 16.1. The summed E-state index contributed by atoms with van der Waals surface area (Å²) in [6, 6.07) is 12.1. The summed E-state index contributed by atoms with van der Waals surface area (Å²) in [7, 11) is 0. The summed E-state index contributed by atoms with van der Waals surface area (Å²) in [5.41, 5.74) is 3.02. The summed E-state index contributed by atoms with van der Waals surface area (Å²) in [6.07, 6.45) is 3.67. The number of piperazine rings is 1. The van der Waals surface area contributed by atoms with Crippen LogP contribution >= 0.6 is 0 Å². The van der Waals surface area contributed by atoms with Gasteiger partial charge < -0.3 is 9.88 Å². The van der Waals surface area contributed by atoms with Crippen molar-refractivity contribution in [2.75, 3.05) is 37.6 Å². The summed E-state index contributed by atoms with van der Waals surface area (Å²) >= 11 is 0. The first-order valence-electron chi connectivity index (χ1n) is 8.70. The van der Waals surface area contributed by atoms with Gasteiger partial charge in [0.15, 0.2) is 5.78 Å². The van der Waals surface area contributed by atoms with Crippen LogP contribution in [-0.4, -0.2) is 53.4 Å². The van der Waals surface area contributed by atoms with Gasteiger partial charge in [0.25, 0.3) is 0 Å². The lowest BCUT2D eigenvalue weighted by Crippen LogP contribution is -2.48. The van der Waals surface area contributed by atoms with E-state index in [1.165, 1.54) is 5.56 Å². The van der Waals surface area contributed by atoms with Crippen molar-refractivity contribution in [3.63, 3.8) is 0 Å². The van der Waals surface area contributed by atoms with E-state index in [0.717, 1.165) is 48.5 Å². The number of carbonyl (C=O) groups is 1. The third-order valence-electron chi connectivity index (χ3n) is 4.85. The van der Waals surface area contributed by atoms with E-state index >= 15 is 0 Å². The molecule has 0 saturated carbocycles. The number of benzene rings is 1. The minimum Gasteiger partial charge on any atom is -0.360 e. The van der Waals surface area contributed by atoms with Gasteiger partial charge in [0, 0.05) is 55.0 Å². The maximum absolute atomic E-state index is 12.7. The Bertz CT molecular complexity index is 879. The molecule has 128 valence electrons. The average molecular weight is 334 g/mol. The van der Waals surface area contributed by atoms with E-state index in [-0.39, 0.29) is 5.78 Å². The number of nitrogens with one attached hydrogen (secondary N) is 1. The number of H-pyrrole nitrogens is 1. The van der Waals surface area contributed by atoms with Crippen molar-refractivity contribution in [2.45, 2.75) is 6.92 Å². The molecule has 1 fully saturated rings. The van der Waals surface area contributed by atoms with Gasteiger partial charge in [0.1, 0.15) is 5.82 Å². The second-order valence-electron chi connectivity index (χ2n) is 6.63. The molecule has 0 atom stereocenters. The van der Waals surface area contributed by atoms with E-state index in [2.05, 4.69) is 38.8 Å². The molecule has 1 N–H and O–H groups in total. The molecule has 0 radical (unpaired) electrons. The van der Waals surface area contributed by atoms with Gasteiger partial charge in [0.05, 0.1) is 6.54 Å². The number of anilines is 1. The first kappa shape index (κ1) is 15.8. The van der Waals surface area contributed by atoms with Gasteiger partial charge in [-0.15, -0.1) is 0 Å². The molecule has 0 amide bonds. The lowest BCUT2D eigenvalue weighted by atomic mass is 10.1. The molecular formula is C20H22N4O. The Morgan fingerprint density at radius 2 is 2.00 bits per heavy atom. The highest BCUT2D eigenvalue weighted by molar-refractivity contribution is 6.08. The monoisotopic (exact) mass is 334 g/mol. The van der Waals surface area contributed by atoms with Crippen LogP contribution in [0.15, 0.2) is 48.8 Å². The zero-order chi connectivity index (χ0) is 17.2. The number of carbonyl (C=O) groups excluding carboxylic acids is 1. The highest BCUT2D eigenvalue weighted by Gasteiger charge is 2.21. The maximum atomic E-state index is 12.7. The van der Waals surface area contributed by atoms with Crippen molar-refractivity contribution < 1.29 is 4.79 Å². The second-order valence-corrected chi connectivity index (χ2v) is 6.63. The van der Waals surface area contributed by atoms with E-state index in [1.807, 2.05) is 36.7 Å². The van der Waals surface area contributed by atoms with Gasteiger partial charge in [-0.2, -0.15) is 0 Å². The van der Waals surface area contributed by atoms with Crippen LogP contribution in [0.4, 0.5) is 5.82 Å². The van der Waals surface area contributed by atoms with E-state index in [9.17, 15) is 4.79 Å². The van der Waals surface area contributed by atoms with E-state index < -0.39 is 0 Å². The molecule has 4 rings (SSSR count). The largest absolute Gasteiger partial charge is 0.360 e. The summed E-state index contributed by atoms with van der Waals surface area (Å²) in [6.45, 7) is 6.09. The molecule has 0 aliphatic carbocycles. The van der Waals surface area contributed by atoms with Crippen LogP contribution in [0.2, 0.25) is 0 Å². The van der Waals surface area contributed by atoms with Crippen molar-refractivity contribution in [2.24, 2.45) is 0 Å². The molecule has 0 unspecified atom stereocenters. The molecule has 1 aliphatic heterocycles. The van der Waals surface area contributed by atoms with Gasteiger partial charge in [-0.25, -0.2) is 4.98 Å². The Kier molecular flexibility index (Phi) is 4.24. The van der Waals surface area contributed by atoms with Gasteiger partial charge in [-0.1, -0.05) is 18.2 Å². The fourth-order valence-corrected chi connectivity index (χ4v) is 3.43. The summed E-state index contributed by atoms with van der Waals surface area (Å²) in [4.78, 5) is 24.9. The molecular weight excluding hydrogens is 312 g/mol. The molecule has 2 aromatic heterocycles. The zero-order valence-electron chi connectivity index (χ0n) is 14.4. The van der Waals surface area contributed by atoms with Crippen LogP contribution in [0.5, 0.6) is 0 Å². The van der Waals surface area contributed by atoms with Gasteiger partial charge >= 0.3 is 0 Å². The van der Waals surface area contributed by atoms with Crippen LogP contribution in [0.1, 0.15) is 15.9 Å². The number of aromatic amines is 1. The van der Waals surface area contributed by atoms with Gasteiger partial charge in [-0.05, 0) is 30.7 Å². The number of Topliss-reactive ketones (excluding diaryl/α,β-unsaturated/α-hetero) is 1. The Hall–Kier alpha value is -2.66. The minimum atomic E-state index is 0.182. The van der Waals surface area contributed by atoms with Crippen molar-refractivity contribution in [3.8, 4) is 0 Å². The van der Waals surface area contributed by atoms with E-state index in [0.29, 0.717) is 6.54 Å². The lowest BCUT2D eigenvalue weighted by molar-refractivity contribution is 0.0928. The maximum Gasteiger partial charge on any atom is 0.178 e. The second kappa shape index (κ2) is 6.69. The fraction of sp³-hybridized carbons (Fsp3) is 0.300. The average Bonchev–Trinajstić information content (AvgIpc) is 3.06. The van der Waals surface area contributed by atoms with Crippen LogP contribution in [-0.2, 0) is 0 Å². The number of nitrogens with zero attached hydrogens (tertiary/aromatic N) is 3. The van der Waals surface area contributed by atoms with Crippen LogP contribution in [0.25, 0.3) is 10.9 Å². The number of aryl methyl sites for hydroxylation is 1. The Balaban J connectivity index is 1.40. The molecule has 0 spiro atoms. The molecule has 25 heavy (non-hydrogen) atoms. The van der Waals surface area contributed by atoms with Crippen molar-refractivity contribution in [3.05, 3.63) is 59.9 Å². The lowest BCUT2D eigenvalue weighted by Gasteiger charge is -2.34. The standard InChI is InChI=1S/C20H22N4O/c1-15-5-6-16-17(13-22-18(16)12-15)19(25)14-23-8-10-24(11-9-23)20-4-2-3-7-21-20/h2-7,12-13,22H,8-11,14H2,1H3. The van der Waals surface area contributed by atoms with Crippen molar-refractivity contribution in [1.82, 2.24) is 14.9 Å². The summed E-state index contributed by atoms with van der Waals surface area (Å²) < 4.78 is 0. The first-order valence-corrected chi connectivity index (χ1v) is 8.70. The summed E-state index contributed by atoms with van der Waals surface area (Å²) in [5.74, 6) is 1.20. The van der Waals surface area contributed by atoms with E-state index in [4.69, 9.17) is 0 Å². The van der Waals surface area contributed by atoms with Crippen LogP contribution < -0.4 is 4.90 Å². The van der Waals surface area contributed by atoms with Crippen molar-refractivity contribution in [1.29, 1.82) is 0 Å². The molecule has 1 aliphatic rings. The number of hydrogen-bond donors (Lipinski definition) is 1. The molecule has 3 aromatic rings. The number of hydrogen-bond acceptors (Lipinski definition) is 4. The normalized spacial score (nSPS) is 15.6. The summed E-state index contributed by atoms with van der Waals surface area (Å²) in [5, 5.41) is 1.02. The smallest absolute Gasteiger partial charge is 0.178 e. The van der Waals surface area contributed by atoms with Gasteiger partial charge in [-0.3, -0.25) is 9.69 Å².